The van der Waals surface area contributed by atoms with Crippen LogP contribution in [0.25, 0.3) is 0 Å². The minimum atomic E-state index is -3.84. The van der Waals surface area contributed by atoms with E-state index in [0.717, 1.165) is 10.4 Å². The summed E-state index contributed by atoms with van der Waals surface area (Å²) in [7, 11) is -3.84. The molecule has 1 aliphatic heterocycles. The van der Waals surface area contributed by atoms with Crippen LogP contribution in [0.4, 0.5) is 4.39 Å². The lowest BCUT2D eigenvalue weighted by molar-refractivity contribution is -0.142. The molecule has 110 valence electrons. The second-order valence-corrected chi connectivity index (χ2v) is 6.94. The normalized spacial score (nSPS) is 20.8. The maximum Gasteiger partial charge on any atom is 0.307 e. The summed E-state index contributed by atoms with van der Waals surface area (Å²) in [5.41, 5.74) is 0.510. The number of sulfonamides is 1. The van der Waals surface area contributed by atoms with Crippen molar-refractivity contribution in [2.45, 2.75) is 24.7 Å². The minimum Gasteiger partial charge on any atom is -0.481 e. The van der Waals surface area contributed by atoms with E-state index in [4.69, 9.17) is 5.11 Å². The van der Waals surface area contributed by atoms with Gasteiger partial charge in [0, 0.05) is 13.1 Å². The zero-order valence-electron chi connectivity index (χ0n) is 11.0. The summed E-state index contributed by atoms with van der Waals surface area (Å²) in [6.45, 7) is 1.81. The van der Waals surface area contributed by atoms with Gasteiger partial charge in [-0.1, -0.05) is 0 Å². The van der Waals surface area contributed by atoms with Crippen molar-refractivity contribution in [2.24, 2.45) is 5.92 Å². The molecule has 0 aliphatic carbocycles. The minimum absolute atomic E-state index is 0.0623. The molecule has 1 aliphatic rings. The van der Waals surface area contributed by atoms with E-state index in [1.54, 1.807) is 6.92 Å². The van der Waals surface area contributed by atoms with E-state index in [9.17, 15) is 17.6 Å². The predicted molar refractivity (Wildman–Crippen MR) is 70.3 cm³/mol. The molecule has 1 saturated heterocycles. The second-order valence-electron chi connectivity index (χ2n) is 5.00. The zero-order chi connectivity index (χ0) is 14.9. The third kappa shape index (κ3) is 2.99. The summed E-state index contributed by atoms with van der Waals surface area (Å²) >= 11 is 0. The van der Waals surface area contributed by atoms with Crippen molar-refractivity contribution < 1.29 is 22.7 Å². The summed E-state index contributed by atoms with van der Waals surface area (Å²) in [6, 6.07) is 3.60. The fourth-order valence-electron chi connectivity index (χ4n) is 2.36. The molecule has 0 saturated carbocycles. The molecule has 0 aromatic heterocycles. The van der Waals surface area contributed by atoms with Crippen molar-refractivity contribution in [2.75, 3.05) is 13.1 Å². The monoisotopic (exact) mass is 301 g/mol. The zero-order valence-corrected chi connectivity index (χ0v) is 11.9. The molecule has 0 bridgehead atoms. The number of hydrogen-bond donors (Lipinski definition) is 1. The van der Waals surface area contributed by atoms with Gasteiger partial charge in [0.15, 0.2) is 0 Å². The third-order valence-electron chi connectivity index (χ3n) is 3.39. The number of hydrogen-bond acceptors (Lipinski definition) is 3. The molecule has 1 aromatic rings. The summed E-state index contributed by atoms with van der Waals surface area (Å²) in [6.07, 6.45) is 0.952. The molecule has 0 radical (unpaired) electrons. The van der Waals surface area contributed by atoms with E-state index in [0.29, 0.717) is 18.4 Å². The van der Waals surface area contributed by atoms with Crippen molar-refractivity contribution in [3.05, 3.63) is 29.6 Å². The van der Waals surface area contributed by atoms with Gasteiger partial charge in [-0.15, -0.1) is 0 Å². The molecule has 0 unspecified atom stereocenters. The number of rotatable bonds is 3. The lowest BCUT2D eigenvalue weighted by Crippen LogP contribution is -2.42. The molecule has 1 aromatic carbocycles. The summed E-state index contributed by atoms with van der Waals surface area (Å²) < 4.78 is 39.3. The number of nitrogens with zero attached hydrogens (tertiary/aromatic N) is 1. The smallest absolute Gasteiger partial charge is 0.307 e. The number of halogens is 1. The van der Waals surface area contributed by atoms with Crippen LogP contribution in [-0.4, -0.2) is 36.9 Å². The number of carboxylic acid groups (broad SMARTS) is 1. The maximum atomic E-state index is 13.4. The number of carbonyl (C=O) groups is 1. The average molecular weight is 301 g/mol. The topological polar surface area (TPSA) is 74.7 Å². The summed E-state index contributed by atoms with van der Waals surface area (Å²) in [5.74, 6) is -2.32. The molecule has 2 rings (SSSR count). The van der Waals surface area contributed by atoms with Crippen molar-refractivity contribution in [1.82, 2.24) is 4.31 Å². The van der Waals surface area contributed by atoms with Crippen LogP contribution < -0.4 is 0 Å². The van der Waals surface area contributed by atoms with E-state index in [1.807, 2.05) is 0 Å². The Morgan fingerprint density at radius 1 is 1.40 bits per heavy atom. The van der Waals surface area contributed by atoms with Crippen LogP contribution in [0.3, 0.4) is 0 Å². The summed E-state index contributed by atoms with van der Waals surface area (Å²) in [4.78, 5) is 10.9. The first-order chi connectivity index (χ1) is 9.30. The van der Waals surface area contributed by atoms with Gasteiger partial charge in [-0.25, -0.2) is 12.8 Å². The first-order valence-electron chi connectivity index (χ1n) is 6.31. The Labute approximate surface area is 117 Å². The van der Waals surface area contributed by atoms with Crippen LogP contribution in [0.5, 0.6) is 0 Å². The number of benzene rings is 1. The molecular formula is C13H16FNO4S. The lowest BCUT2D eigenvalue weighted by atomic mass is 10.0. The van der Waals surface area contributed by atoms with Gasteiger partial charge in [0.05, 0.1) is 10.8 Å². The largest absolute Gasteiger partial charge is 0.481 e. The van der Waals surface area contributed by atoms with Crippen LogP contribution >= 0.6 is 0 Å². The molecule has 1 atom stereocenters. The van der Waals surface area contributed by atoms with Crippen LogP contribution in [0, 0.1) is 18.7 Å². The van der Waals surface area contributed by atoms with E-state index >= 15 is 0 Å². The molecule has 0 amide bonds. The molecular weight excluding hydrogens is 285 g/mol. The third-order valence-corrected chi connectivity index (χ3v) is 5.23. The lowest BCUT2D eigenvalue weighted by Gasteiger charge is -2.29. The summed E-state index contributed by atoms with van der Waals surface area (Å²) in [5, 5.41) is 9.00. The van der Waals surface area contributed by atoms with Crippen molar-refractivity contribution in [1.29, 1.82) is 0 Å². The van der Waals surface area contributed by atoms with Gasteiger partial charge >= 0.3 is 5.97 Å². The Morgan fingerprint density at radius 3 is 2.70 bits per heavy atom. The Hall–Kier alpha value is -1.47. The number of aryl methyl sites for hydroxylation is 1. The number of carboxylic acids is 1. The highest BCUT2D eigenvalue weighted by Crippen LogP contribution is 2.25. The van der Waals surface area contributed by atoms with E-state index in [2.05, 4.69) is 0 Å². The molecule has 20 heavy (non-hydrogen) atoms. The molecule has 7 heteroatoms. The fraction of sp³-hybridized carbons (Fsp3) is 0.462. The van der Waals surface area contributed by atoms with Gasteiger partial charge in [-0.3, -0.25) is 4.79 Å². The van der Waals surface area contributed by atoms with Crippen molar-refractivity contribution >= 4 is 16.0 Å². The second kappa shape index (κ2) is 5.49. The maximum absolute atomic E-state index is 13.4. The highest BCUT2D eigenvalue weighted by atomic mass is 32.2. The van der Waals surface area contributed by atoms with E-state index in [-0.39, 0.29) is 18.0 Å². The molecule has 1 N–H and O–H groups in total. The first-order valence-corrected chi connectivity index (χ1v) is 7.75. The van der Waals surface area contributed by atoms with Gasteiger partial charge in [0.2, 0.25) is 10.0 Å². The van der Waals surface area contributed by atoms with Gasteiger partial charge in [-0.05, 0) is 43.5 Å². The molecule has 1 fully saturated rings. The van der Waals surface area contributed by atoms with Crippen LogP contribution in [0.1, 0.15) is 18.4 Å². The van der Waals surface area contributed by atoms with Crippen LogP contribution in [0.2, 0.25) is 0 Å². The highest BCUT2D eigenvalue weighted by Gasteiger charge is 2.33. The molecule has 0 spiro atoms. The molecule has 5 nitrogen and oxygen atoms in total. The van der Waals surface area contributed by atoms with Gasteiger partial charge in [0.1, 0.15) is 5.82 Å². The first kappa shape index (κ1) is 14.9. The number of piperidine rings is 1. The van der Waals surface area contributed by atoms with E-state index in [1.165, 1.54) is 12.1 Å². The number of aliphatic carboxylic acids is 1. The Bertz CT molecular complexity index is 609. The Kier molecular flexibility index (Phi) is 4.10. The standard InChI is InChI=1S/C13H16FNO4S/c1-9-5-11(14)7-12(6-9)20(18,19)15-4-2-3-10(8-15)13(16)17/h5-7,10H,2-4,8H2,1H3,(H,16,17)/t10-/m1/s1. The predicted octanol–water partition coefficient (Wildman–Crippen LogP) is 1.62. The van der Waals surface area contributed by atoms with Crippen LogP contribution in [-0.2, 0) is 14.8 Å². The fourth-order valence-corrected chi connectivity index (χ4v) is 4.00. The quantitative estimate of drug-likeness (QED) is 0.920. The molecule has 1 heterocycles. The highest BCUT2D eigenvalue weighted by molar-refractivity contribution is 7.89. The van der Waals surface area contributed by atoms with Crippen molar-refractivity contribution in [3.8, 4) is 0 Å². The average Bonchev–Trinajstić information content (AvgIpc) is 2.37. The van der Waals surface area contributed by atoms with Crippen LogP contribution in [0.15, 0.2) is 23.1 Å². The van der Waals surface area contributed by atoms with Gasteiger partial charge in [-0.2, -0.15) is 4.31 Å². The van der Waals surface area contributed by atoms with Gasteiger partial charge < -0.3 is 5.11 Å². The Morgan fingerprint density at radius 2 is 2.10 bits per heavy atom. The Balaban J connectivity index is 2.32. The SMILES string of the molecule is Cc1cc(F)cc(S(=O)(=O)N2CCC[C@@H](C(=O)O)C2)c1. The van der Waals surface area contributed by atoms with E-state index < -0.39 is 27.7 Å². The van der Waals surface area contributed by atoms with Crippen molar-refractivity contribution in [3.63, 3.8) is 0 Å². The van der Waals surface area contributed by atoms with Gasteiger partial charge in [0.25, 0.3) is 0 Å².